The van der Waals surface area contributed by atoms with Crippen molar-refractivity contribution in [2.24, 2.45) is 11.8 Å². The highest BCUT2D eigenvalue weighted by molar-refractivity contribution is 6.06. The SMILES string of the molecule is COC(=O)[C@@H](NC(=O)c1nc[nH]c1C(=O)N[C@H](C(=O)OC)C(C)C)C(C)C. The highest BCUT2D eigenvalue weighted by atomic mass is 16.5. The quantitative estimate of drug-likeness (QED) is 0.548. The van der Waals surface area contributed by atoms with Crippen LogP contribution in [-0.2, 0) is 19.1 Å². The molecule has 10 nitrogen and oxygen atoms in total. The van der Waals surface area contributed by atoms with Crippen LogP contribution in [0.15, 0.2) is 6.33 Å². The normalized spacial score (nSPS) is 13.0. The second-order valence-electron chi connectivity index (χ2n) is 6.56. The highest BCUT2D eigenvalue weighted by Gasteiger charge is 2.31. The van der Waals surface area contributed by atoms with Gasteiger partial charge in [-0.15, -0.1) is 0 Å². The van der Waals surface area contributed by atoms with Crippen molar-refractivity contribution < 1.29 is 28.7 Å². The number of hydrogen-bond acceptors (Lipinski definition) is 7. The number of nitrogens with one attached hydrogen (secondary N) is 3. The predicted octanol–water partition coefficient (Wildman–Crippen LogP) is 0.265. The lowest BCUT2D eigenvalue weighted by Gasteiger charge is -2.20. The van der Waals surface area contributed by atoms with Gasteiger partial charge in [-0.05, 0) is 11.8 Å². The first kappa shape index (κ1) is 22.1. The summed E-state index contributed by atoms with van der Waals surface area (Å²) in [6.45, 7) is 6.96. The molecular formula is C17H26N4O6. The minimum Gasteiger partial charge on any atom is -0.467 e. The van der Waals surface area contributed by atoms with Gasteiger partial charge < -0.3 is 25.1 Å². The number of methoxy groups -OCH3 is 2. The van der Waals surface area contributed by atoms with Gasteiger partial charge in [0.15, 0.2) is 5.69 Å². The average molecular weight is 382 g/mol. The van der Waals surface area contributed by atoms with Crippen LogP contribution in [0.1, 0.15) is 48.7 Å². The maximum atomic E-state index is 12.5. The smallest absolute Gasteiger partial charge is 0.328 e. The molecule has 0 aliphatic carbocycles. The Kier molecular flexibility index (Phi) is 7.95. The number of carbonyl (C=O) groups is 4. The van der Waals surface area contributed by atoms with Gasteiger partial charge in [-0.2, -0.15) is 0 Å². The van der Waals surface area contributed by atoms with E-state index >= 15 is 0 Å². The number of hydrogen-bond donors (Lipinski definition) is 3. The lowest BCUT2D eigenvalue weighted by atomic mass is 10.0. The number of nitrogens with zero attached hydrogens (tertiary/aromatic N) is 1. The Morgan fingerprint density at radius 2 is 1.33 bits per heavy atom. The van der Waals surface area contributed by atoms with Crippen LogP contribution in [0.25, 0.3) is 0 Å². The summed E-state index contributed by atoms with van der Waals surface area (Å²) in [6, 6.07) is -1.78. The van der Waals surface area contributed by atoms with Crippen LogP contribution in [0.4, 0.5) is 0 Å². The van der Waals surface area contributed by atoms with E-state index in [1.165, 1.54) is 20.5 Å². The summed E-state index contributed by atoms with van der Waals surface area (Å²) in [5.74, 6) is -3.08. The topological polar surface area (TPSA) is 139 Å². The van der Waals surface area contributed by atoms with Gasteiger partial charge in [-0.25, -0.2) is 14.6 Å². The largest absolute Gasteiger partial charge is 0.467 e. The Morgan fingerprint density at radius 1 is 0.889 bits per heavy atom. The Bertz CT molecular complexity index is 641. The zero-order valence-corrected chi connectivity index (χ0v) is 16.3. The van der Waals surface area contributed by atoms with Gasteiger partial charge in [0.1, 0.15) is 17.8 Å². The van der Waals surface area contributed by atoms with E-state index in [0.717, 1.165) is 0 Å². The van der Waals surface area contributed by atoms with Crippen LogP contribution >= 0.6 is 0 Å². The maximum absolute atomic E-state index is 12.5. The van der Waals surface area contributed by atoms with E-state index in [1.54, 1.807) is 27.7 Å². The van der Waals surface area contributed by atoms with E-state index in [4.69, 9.17) is 0 Å². The van der Waals surface area contributed by atoms with E-state index in [-0.39, 0.29) is 23.2 Å². The molecule has 27 heavy (non-hydrogen) atoms. The number of carbonyl (C=O) groups excluding carboxylic acids is 4. The van der Waals surface area contributed by atoms with Crippen molar-refractivity contribution in [3.63, 3.8) is 0 Å². The van der Waals surface area contributed by atoms with Crippen molar-refractivity contribution in [1.29, 1.82) is 0 Å². The molecule has 2 atom stereocenters. The third-order valence-corrected chi connectivity index (χ3v) is 3.90. The fraction of sp³-hybridized carbons (Fsp3) is 0.588. The van der Waals surface area contributed by atoms with Crippen molar-refractivity contribution in [3.05, 3.63) is 17.7 Å². The standard InChI is InChI=1S/C17H26N4O6/c1-8(2)10(16(24)26-5)20-14(22)12-13(19-7-18-12)15(23)21-11(9(3)4)17(25)27-6/h7-11H,1-6H3,(H,18,19)(H,20,22)(H,21,23)/t10-,11-/m0/s1. The molecule has 0 bridgehead atoms. The number of H-pyrrole nitrogens is 1. The molecule has 150 valence electrons. The molecule has 10 heteroatoms. The molecule has 1 aromatic rings. The van der Waals surface area contributed by atoms with Crippen LogP contribution in [0.2, 0.25) is 0 Å². The number of rotatable bonds is 8. The molecule has 0 aliphatic heterocycles. The van der Waals surface area contributed by atoms with E-state index in [2.05, 4.69) is 30.1 Å². The zero-order chi connectivity index (χ0) is 20.7. The molecule has 1 heterocycles. The molecular weight excluding hydrogens is 356 g/mol. The molecule has 0 radical (unpaired) electrons. The highest BCUT2D eigenvalue weighted by Crippen LogP contribution is 2.10. The van der Waals surface area contributed by atoms with E-state index in [9.17, 15) is 19.2 Å². The maximum Gasteiger partial charge on any atom is 0.328 e. The van der Waals surface area contributed by atoms with Crippen LogP contribution in [0, 0.1) is 11.8 Å². The molecule has 3 N–H and O–H groups in total. The summed E-state index contributed by atoms with van der Waals surface area (Å²) in [5, 5.41) is 5.03. The Morgan fingerprint density at radius 3 is 1.74 bits per heavy atom. The van der Waals surface area contributed by atoms with Gasteiger partial charge in [0.25, 0.3) is 11.8 Å². The van der Waals surface area contributed by atoms with Crippen molar-refractivity contribution in [1.82, 2.24) is 20.6 Å². The second kappa shape index (κ2) is 9.70. The molecule has 0 spiro atoms. The van der Waals surface area contributed by atoms with Crippen LogP contribution in [0.5, 0.6) is 0 Å². The van der Waals surface area contributed by atoms with Crippen molar-refractivity contribution in [2.75, 3.05) is 14.2 Å². The lowest BCUT2D eigenvalue weighted by Crippen LogP contribution is -2.47. The molecule has 0 saturated carbocycles. The minimum absolute atomic E-state index is 0.130. The summed E-state index contributed by atoms with van der Waals surface area (Å²) < 4.78 is 9.35. The molecule has 0 unspecified atom stereocenters. The summed E-state index contributed by atoms with van der Waals surface area (Å²) in [5.41, 5.74) is -0.330. The third kappa shape index (κ3) is 5.53. The summed E-state index contributed by atoms with van der Waals surface area (Å²) in [6.07, 6.45) is 1.18. The second-order valence-corrected chi connectivity index (χ2v) is 6.56. The first-order valence-electron chi connectivity index (χ1n) is 8.44. The fourth-order valence-corrected chi connectivity index (χ4v) is 2.31. The number of amides is 2. The van der Waals surface area contributed by atoms with Gasteiger partial charge in [0.05, 0.1) is 20.5 Å². The molecule has 0 aliphatic rings. The number of aromatic amines is 1. The fourth-order valence-electron chi connectivity index (χ4n) is 2.31. The van der Waals surface area contributed by atoms with Gasteiger partial charge in [-0.1, -0.05) is 27.7 Å². The molecule has 1 rings (SSSR count). The van der Waals surface area contributed by atoms with Crippen LogP contribution in [0.3, 0.4) is 0 Å². The number of esters is 2. The van der Waals surface area contributed by atoms with Crippen LogP contribution < -0.4 is 10.6 Å². The predicted molar refractivity (Wildman–Crippen MR) is 94.8 cm³/mol. The Hall–Kier alpha value is -2.91. The molecule has 2 amide bonds. The van der Waals surface area contributed by atoms with E-state index < -0.39 is 35.8 Å². The van der Waals surface area contributed by atoms with Crippen molar-refractivity contribution in [2.45, 2.75) is 39.8 Å². The van der Waals surface area contributed by atoms with Gasteiger partial charge in [0, 0.05) is 0 Å². The molecule has 0 fully saturated rings. The third-order valence-electron chi connectivity index (χ3n) is 3.90. The van der Waals surface area contributed by atoms with Crippen molar-refractivity contribution in [3.8, 4) is 0 Å². The first-order valence-corrected chi connectivity index (χ1v) is 8.44. The lowest BCUT2D eigenvalue weighted by molar-refractivity contribution is -0.144. The number of imidazole rings is 1. The van der Waals surface area contributed by atoms with Gasteiger partial charge in [-0.3, -0.25) is 9.59 Å². The summed E-state index contributed by atoms with van der Waals surface area (Å²) in [7, 11) is 2.44. The summed E-state index contributed by atoms with van der Waals surface area (Å²) >= 11 is 0. The molecule has 1 aromatic heterocycles. The number of aromatic nitrogens is 2. The van der Waals surface area contributed by atoms with Gasteiger partial charge in [0.2, 0.25) is 0 Å². The van der Waals surface area contributed by atoms with Crippen LogP contribution in [-0.4, -0.2) is 60.0 Å². The average Bonchev–Trinajstić information content (AvgIpc) is 3.11. The van der Waals surface area contributed by atoms with Gasteiger partial charge >= 0.3 is 11.9 Å². The minimum atomic E-state index is -0.895. The molecule has 0 saturated heterocycles. The van der Waals surface area contributed by atoms with E-state index in [0.29, 0.717) is 0 Å². The van der Waals surface area contributed by atoms with Crippen molar-refractivity contribution >= 4 is 23.8 Å². The summed E-state index contributed by atoms with van der Waals surface area (Å²) in [4.78, 5) is 55.1. The Labute approximate surface area is 157 Å². The first-order chi connectivity index (χ1) is 12.6. The van der Waals surface area contributed by atoms with E-state index in [1.807, 2.05) is 0 Å². The Balaban J connectivity index is 3.00. The zero-order valence-electron chi connectivity index (χ0n) is 16.3. The molecule has 0 aromatic carbocycles. The number of ether oxygens (including phenoxy) is 2. The monoisotopic (exact) mass is 382 g/mol.